The molecular formula is C14H10ClF2NO2. The Kier molecular flexibility index (Phi) is 3.90. The summed E-state index contributed by atoms with van der Waals surface area (Å²) in [4.78, 5) is 12.2. The number of nitrogens with two attached hydrogens (primary N) is 1. The summed E-state index contributed by atoms with van der Waals surface area (Å²) >= 11 is 5.76. The predicted molar refractivity (Wildman–Crippen MR) is 72.2 cm³/mol. The molecule has 2 aromatic rings. The molecule has 20 heavy (non-hydrogen) atoms. The van der Waals surface area contributed by atoms with Gasteiger partial charge >= 0.3 is 0 Å². The molecule has 0 amide bonds. The second-order valence-electron chi connectivity index (χ2n) is 4.03. The van der Waals surface area contributed by atoms with Crippen molar-refractivity contribution in [1.29, 1.82) is 0 Å². The Morgan fingerprint density at radius 2 is 1.80 bits per heavy atom. The summed E-state index contributed by atoms with van der Waals surface area (Å²) < 4.78 is 32.4. The maximum Gasteiger partial charge on any atom is 0.201 e. The van der Waals surface area contributed by atoms with Crippen molar-refractivity contribution in [3.63, 3.8) is 0 Å². The first-order chi connectivity index (χ1) is 9.43. The van der Waals surface area contributed by atoms with Crippen molar-refractivity contribution in [2.75, 3.05) is 12.8 Å². The van der Waals surface area contributed by atoms with Crippen LogP contribution in [0.5, 0.6) is 5.75 Å². The topological polar surface area (TPSA) is 52.3 Å². The minimum Gasteiger partial charge on any atom is -0.497 e. The van der Waals surface area contributed by atoms with Gasteiger partial charge in [-0.15, -0.1) is 0 Å². The number of nitrogen functional groups attached to an aromatic ring is 1. The fourth-order valence-electron chi connectivity index (χ4n) is 1.74. The molecule has 3 nitrogen and oxygen atoms in total. The van der Waals surface area contributed by atoms with Gasteiger partial charge in [0.15, 0.2) is 0 Å². The molecule has 0 spiro atoms. The molecule has 0 atom stereocenters. The lowest BCUT2D eigenvalue weighted by atomic mass is 10.0. The first-order valence-electron chi connectivity index (χ1n) is 5.56. The van der Waals surface area contributed by atoms with Gasteiger partial charge in [-0.05, 0) is 18.2 Å². The summed E-state index contributed by atoms with van der Waals surface area (Å²) in [7, 11) is 1.27. The lowest BCUT2D eigenvalue weighted by Gasteiger charge is -2.09. The lowest BCUT2D eigenvalue weighted by Crippen LogP contribution is -2.10. The minimum absolute atomic E-state index is 0.0179. The number of ketones is 1. The largest absolute Gasteiger partial charge is 0.497 e. The summed E-state index contributed by atoms with van der Waals surface area (Å²) in [5, 5.41) is 0.247. The lowest BCUT2D eigenvalue weighted by molar-refractivity contribution is 0.103. The molecule has 2 N–H and O–H groups in total. The summed E-state index contributed by atoms with van der Waals surface area (Å²) in [6.45, 7) is 0. The molecule has 2 rings (SSSR count). The Morgan fingerprint density at radius 1 is 1.20 bits per heavy atom. The Balaban J connectivity index is 2.56. The van der Waals surface area contributed by atoms with Crippen LogP contribution in [-0.2, 0) is 0 Å². The van der Waals surface area contributed by atoms with E-state index in [4.69, 9.17) is 22.1 Å². The number of hydrogen-bond acceptors (Lipinski definition) is 3. The van der Waals surface area contributed by atoms with E-state index in [0.29, 0.717) is 0 Å². The number of hydrogen-bond donors (Lipinski definition) is 1. The van der Waals surface area contributed by atoms with Crippen LogP contribution in [0, 0.1) is 11.6 Å². The molecule has 2 aromatic carbocycles. The molecule has 0 aliphatic heterocycles. The molecule has 0 saturated carbocycles. The number of halogens is 3. The molecule has 0 heterocycles. The van der Waals surface area contributed by atoms with E-state index < -0.39 is 23.0 Å². The van der Waals surface area contributed by atoms with Crippen molar-refractivity contribution in [2.45, 2.75) is 0 Å². The quantitative estimate of drug-likeness (QED) is 0.697. The van der Waals surface area contributed by atoms with Gasteiger partial charge in [-0.25, -0.2) is 8.78 Å². The van der Waals surface area contributed by atoms with Crippen LogP contribution in [0.1, 0.15) is 15.9 Å². The van der Waals surface area contributed by atoms with Crippen LogP contribution in [0.3, 0.4) is 0 Å². The third-order valence-corrected chi connectivity index (χ3v) is 2.97. The highest BCUT2D eigenvalue weighted by Crippen LogP contribution is 2.26. The molecule has 0 aliphatic rings. The zero-order valence-corrected chi connectivity index (χ0v) is 11.2. The number of rotatable bonds is 3. The SMILES string of the molecule is COc1cc(F)c(C(=O)c2cc(Cl)ccc2N)c(F)c1. The summed E-state index contributed by atoms with van der Waals surface area (Å²) in [6, 6.07) is 6.00. The van der Waals surface area contributed by atoms with Gasteiger partial charge in [-0.1, -0.05) is 11.6 Å². The molecule has 0 saturated heterocycles. The van der Waals surface area contributed by atoms with E-state index in [2.05, 4.69) is 0 Å². The summed E-state index contributed by atoms with van der Waals surface area (Å²) in [5.41, 5.74) is 4.98. The summed E-state index contributed by atoms with van der Waals surface area (Å²) in [6.07, 6.45) is 0. The van der Waals surface area contributed by atoms with Gasteiger partial charge in [0.1, 0.15) is 17.4 Å². The smallest absolute Gasteiger partial charge is 0.201 e. The van der Waals surface area contributed by atoms with Gasteiger partial charge in [0.2, 0.25) is 5.78 Å². The normalized spacial score (nSPS) is 10.4. The second kappa shape index (κ2) is 5.46. The molecule has 104 valence electrons. The van der Waals surface area contributed by atoms with E-state index in [1.807, 2.05) is 0 Å². The minimum atomic E-state index is -1.02. The Labute approximate surface area is 118 Å². The average molecular weight is 298 g/mol. The standard InChI is InChI=1S/C14H10ClF2NO2/c1-20-8-5-10(16)13(11(17)6-8)14(19)9-4-7(15)2-3-12(9)18/h2-6H,18H2,1H3. The van der Waals surface area contributed by atoms with Crippen molar-refractivity contribution < 1.29 is 18.3 Å². The number of carbonyl (C=O) groups is 1. The van der Waals surface area contributed by atoms with E-state index >= 15 is 0 Å². The number of ether oxygens (including phenoxy) is 1. The Bertz CT molecular complexity index is 666. The van der Waals surface area contributed by atoms with Crippen molar-refractivity contribution in [3.8, 4) is 5.75 Å². The highest BCUT2D eigenvalue weighted by molar-refractivity contribution is 6.31. The third kappa shape index (κ3) is 2.58. The number of benzene rings is 2. The van der Waals surface area contributed by atoms with E-state index in [1.165, 1.54) is 25.3 Å². The van der Waals surface area contributed by atoms with Crippen LogP contribution >= 0.6 is 11.6 Å². The number of anilines is 1. The monoisotopic (exact) mass is 297 g/mol. The zero-order valence-electron chi connectivity index (χ0n) is 10.4. The van der Waals surface area contributed by atoms with Gasteiger partial charge < -0.3 is 10.5 Å². The number of methoxy groups -OCH3 is 1. The zero-order chi connectivity index (χ0) is 14.9. The van der Waals surface area contributed by atoms with Crippen molar-refractivity contribution in [2.24, 2.45) is 0 Å². The molecular weight excluding hydrogens is 288 g/mol. The Hall–Kier alpha value is -2.14. The van der Waals surface area contributed by atoms with Crippen molar-refractivity contribution in [3.05, 3.63) is 58.1 Å². The fourth-order valence-corrected chi connectivity index (χ4v) is 1.92. The van der Waals surface area contributed by atoms with Gasteiger partial charge in [0.05, 0.1) is 12.7 Å². The van der Waals surface area contributed by atoms with E-state index in [-0.39, 0.29) is 22.0 Å². The van der Waals surface area contributed by atoms with Crippen LogP contribution in [0.2, 0.25) is 5.02 Å². The summed E-state index contributed by atoms with van der Waals surface area (Å²) in [5.74, 6) is -2.93. The molecule has 0 aromatic heterocycles. The van der Waals surface area contributed by atoms with Gasteiger partial charge in [-0.2, -0.15) is 0 Å². The molecule has 0 radical (unpaired) electrons. The van der Waals surface area contributed by atoms with Crippen LogP contribution in [0.25, 0.3) is 0 Å². The average Bonchev–Trinajstić information content (AvgIpc) is 2.40. The maximum absolute atomic E-state index is 13.9. The third-order valence-electron chi connectivity index (χ3n) is 2.74. The number of carbonyl (C=O) groups excluding carboxylic acids is 1. The van der Waals surface area contributed by atoms with Gasteiger partial charge in [0.25, 0.3) is 0 Å². The second-order valence-corrected chi connectivity index (χ2v) is 4.46. The first-order valence-corrected chi connectivity index (χ1v) is 5.94. The van der Waals surface area contributed by atoms with Crippen LogP contribution in [0.4, 0.5) is 14.5 Å². The van der Waals surface area contributed by atoms with Crippen molar-refractivity contribution in [1.82, 2.24) is 0 Å². The van der Waals surface area contributed by atoms with Crippen LogP contribution in [-0.4, -0.2) is 12.9 Å². The molecule has 0 bridgehead atoms. The molecule has 0 unspecified atom stereocenters. The molecule has 0 aliphatic carbocycles. The van der Waals surface area contributed by atoms with Gasteiger partial charge in [0, 0.05) is 28.4 Å². The fraction of sp³-hybridized carbons (Fsp3) is 0.0714. The highest BCUT2D eigenvalue weighted by Gasteiger charge is 2.22. The van der Waals surface area contributed by atoms with E-state index in [9.17, 15) is 13.6 Å². The highest BCUT2D eigenvalue weighted by atomic mass is 35.5. The van der Waals surface area contributed by atoms with Crippen LogP contribution < -0.4 is 10.5 Å². The van der Waals surface area contributed by atoms with Gasteiger partial charge in [-0.3, -0.25) is 4.79 Å². The molecule has 6 heteroatoms. The van der Waals surface area contributed by atoms with E-state index in [0.717, 1.165) is 12.1 Å². The first kappa shape index (κ1) is 14.3. The van der Waals surface area contributed by atoms with Crippen LogP contribution in [0.15, 0.2) is 30.3 Å². The van der Waals surface area contributed by atoms with E-state index in [1.54, 1.807) is 0 Å². The predicted octanol–water partition coefficient (Wildman–Crippen LogP) is 3.44. The van der Waals surface area contributed by atoms with Crippen molar-refractivity contribution >= 4 is 23.1 Å². The molecule has 0 fully saturated rings. The maximum atomic E-state index is 13.9. The Morgan fingerprint density at radius 3 is 2.35 bits per heavy atom.